The van der Waals surface area contributed by atoms with Crippen LogP contribution in [-0.4, -0.2) is 23.1 Å². The summed E-state index contributed by atoms with van der Waals surface area (Å²) in [4.78, 5) is 8.92. The summed E-state index contributed by atoms with van der Waals surface area (Å²) in [6.07, 6.45) is 6.71. The van der Waals surface area contributed by atoms with E-state index in [9.17, 15) is 0 Å². The Bertz CT molecular complexity index is 719. The van der Waals surface area contributed by atoms with Gasteiger partial charge in [-0.15, -0.1) is 0 Å². The van der Waals surface area contributed by atoms with E-state index in [1.165, 1.54) is 25.7 Å². The lowest BCUT2D eigenvalue weighted by atomic mass is 9.82. The first kappa shape index (κ1) is 19.4. The van der Waals surface area contributed by atoms with Crippen LogP contribution in [0.2, 0.25) is 5.02 Å². The smallest absolute Gasteiger partial charge is 0.224 e. The molecule has 7 heteroatoms. The maximum atomic E-state index is 6.19. The third kappa shape index (κ3) is 5.32. The van der Waals surface area contributed by atoms with Gasteiger partial charge in [-0.25, -0.2) is 4.98 Å². The fraction of sp³-hybridized carbons (Fsp3) is 0.474. The number of rotatable bonds is 7. The molecular formula is C19H25BrClN5. The van der Waals surface area contributed by atoms with Crippen molar-refractivity contribution in [1.82, 2.24) is 9.97 Å². The SMILES string of the molecule is NCC1CCC(CNc2nc(NCc3ccccc3Cl)ncc2Br)CC1. The third-order valence-corrected chi connectivity index (χ3v) is 5.95. The summed E-state index contributed by atoms with van der Waals surface area (Å²) in [6.45, 7) is 2.33. The van der Waals surface area contributed by atoms with Crippen molar-refractivity contribution in [3.8, 4) is 0 Å². The molecule has 1 fully saturated rings. The van der Waals surface area contributed by atoms with E-state index in [1.54, 1.807) is 6.20 Å². The summed E-state index contributed by atoms with van der Waals surface area (Å²) >= 11 is 9.73. The number of benzene rings is 1. The molecule has 3 rings (SSSR count). The van der Waals surface area contributed by atoms with Crippen LogP contribution in [0.1, 0.15) is 31.2 Å². The van der Waals surface area contributed by atoms with Crippen molar-refractivity contribution in [3.63, 3.8) is 0 Å². The molecule has 1 aliphatic rings. The molecule has 5 nitrogen and oxygen atoms in total. The van der Waals surface area contributed by atoms with E-state index in [-0.39, 0.29) is 0 Å². The molecule has 0 atom stereocenters. The van der Waals surface area contributed by atoms with Crippen LogP contribution in [-0.2, 0) is 6.54 Å². The van der Waals surface area contributed by atoms with Gasteiger partial charge in [0.05, 0.1) is 4.47 Å². The summed E-state index contributed by atoms with van der Waals surface area (Å²) in [5.41, 5.74) is 6.80. The van der Waals surface area contributed by atoms with Crippen molar-refractivity contribution in [1.29, 1.82) is 0 Å². The molecule has 0 saturated heterocycles. The third-order valence-electron chi connectivity index (χ3n) is 5.00. The van der Waals surface area contributed by atoms with Gasteiger partial charge in [-0.3, -0.25) is 0 Å². The lowest BCUT2D eigenvalue weighted by Gasteiger charge is -2.27. The lowest BCUT2D eigenvalue weighted by Crippen LogP contribution is -2.25. The van der Waals surface area contributed by atoms with Crippen LogP contribution in [0, 0.1) is 11.8 Å². The second-order valence-corrected chi connectivity index (χ2v) is 8.10. The Morgan fingerprint density at radius 3 is 2.58 bits per heavy atom. The summed E-state index contributed by atoms with van der Waals surface area (Å²) in [5.74, 6) is 2.79. The Labute approximate surface area is 168 Å². The van der Waals surface area contributed by atoms with Crippen molar-refractivity contribution in [2.75, 3.05) is 23.7 Å². The van der Waals surface area contributed by atoms with Gasteiger partial charge in [0.1, 0.15) is 5.82 Å². The van der Waals surface area contributed by atoms with Gasteiger partial charge in [0.25, 0.3) is 0 Å². The van der Waals surface area contributed by atoms with Crippen molar-refractivity contribution < 1.29 is 0 Å². The topological polar surface area (TPSA) is 75.9 Å². The lowest BCUT2D eigenvalue weighted by molar-refractivity contribution is 0.289. The largest absolute Gasteiger partial charge is 0.369 e. The molecule has 0 amide bonds. The van der Waals surface area contributed by atoms with E-state index in [2.05, 4.69) is 36.5 Å². The number of halogens is 2. The number of nitrogens with one attached hydrogen (secondary N) is 2. The van der Waals surface area contributed by atoms with Crippen LogP contribution in [0.15, 0.2) is 34.9 Å². The number of nitrogens with two attached hydrogens (primary N) is 1. The molecular weight excluding hydrogens is 414 g/mol. The molecule has 0 spiro atoms. The standard InChI is InChI=1S/C19H25BrClN5/c20-16-12-25-19(24-11-15-3-1-2-4-17(15)21)26-18(16)23-10-14-7-5-13(9-22)6-8-14/h1-4,12-14H,5-11,22H2,(H2,23,24,25,26). The second-order valence-electron chi connectivity index (χ2n) is 6.84. The molecule has 1 aromatic carbocycles. The Balaban J connectivity index is 1.55. The zero-order valence-electron chi connectivity index (χ0n) is 14.7. The van der Waals surface area contributed by atoms with Crippen molar-refractivity contribution >= 4 is 39.3 Å². The molecule has 1 saturated carbocycles. The Morgan fingerprint density at radius 1 is 1.12 bits per heavy atom. The predicted molar refractivity (Wildman–Crippen MR) is 112 cm³/mol. The van der Waals surface area contributed by atoms with E-state index in [1.807, 2.05) is 24.3 Å². The van der Waals surface area contributed by atoms with Crippen LogP contribution < -0.4 is 16.4 Å². The van der Waals surface area contributed by atoms with Crippen molar-refractivity contribution in [3.05, 3.63) is 45.5 Å². The molecule has 1 aromatic heterocycles. The highest BCUT2D eigenvalue weighted by Gasteiger charge is 2.20. The normalized spacial score (nSPS) is 20.0. The molecule has 4 N–H and O–H groups in total. The molecule has 0 aliphatic heterocycles. The molecule has 0 radical (unpaired) electrons. The first-order chi connectivity index (χ1) is 12.7. The van der Waals surface area contributed by atoms with Crippen LogP contribution >= 0.6 is 27.5 Å². The highest BCUT2D eigenvalue weighted by atomic mass is 79.9. The Hall–Kier alpha value is -1.37. The highest BCUT2D eigenvalue weighted by Crippen LogP contribution is 2.29. The first-order valence-electron chi connectivity index (χ1n) is 9.09. The van der Waals surface area contributed by atoms with Crippen molar-refractivity contribution in [2.24, 2.45) is 17.6 Å². The van der Waals surface area contributed by atoms with Crippen molar-refractivity contribution in [2.45, 2.75) is 32.2 Å². The van der Waals surface area contributed by atoms with Crippen LogP contribution in [0.25, 0.3) is 0 Å². The summed E-state index contributed by atoms with van der Waals surface area (Å²) in [7, 11) is 0. The fourth-order valence-corrected chi connectivity index (χ4v) is 3.84. The number of aromatic nitrogens is 2. The zero-order valence-corrected chi connectivity index (χ0v) is 17.1. The number of nitrogens with zero attached hydrogens (tertiary/aromatic N) is 2. The monoisotopic (exact) mass is 437 g/mol. The van der Waals surface area contributed by atoms with E-state index >= 15 is 0 Å². The first-order valence-corrected chi connectivity index (χ1v) is 10.3. The summed E-state index contributed by atoms with van der Waals surface area (Å²) < 4.78 is 0.872. The average Bonchev–Trinajstić information content (AvgIpc) is 2.68. The average molecular weight is 439 g/mol. The van der Waals surface area contributed by atoms with E-state index in [4.69, 9.17) is 17.3 Å². The van der Waals surface area contributed by atoms with E-state index in [0.717, 1.165) is 34.0 Å². The van der Waals surface area contributed by atoms with Gasteiger partial charge < -0.3 is 16.4 Å². The minimum absolute atomic E-state index is 0.586. The molecule has 2 aromatic rings. The quantitative estimate of drug-likeness (QED) is 0.585. The number of hydrogen-bond acceptors (Lipinski definition) is 5. The van der Waals surface area contributed by atoms with Gasteiger partial charge in [0.15, 0.2) is 0 Å². The number of hydrogen-bond donors (Lipinski definition) is 3. The predicted octanol–water partition coefficient (Wildman–Crippen LogP) is 4.68. The number of anilines is 2. The molecule has 1 aliphatic carbocycles. The van der Waals surface area contributed by atoms with Crippen LogP contribution in [0.5, 0.6) is 0 Å². The van der Waals surface area contributed by atoms with Gasteiger partial charge in [0.2, 0.25) is 5.95 Å². The van der Waals surface area contributed by atoms with Gasteiger partial charge >= 0.3 is 0 Å². The van der Waals surface area contributed by atoms with Crippen LogP contribution in [0.4, 0.5) is 11.8 Å². The van der Waals surface area contributed by atoms with E-state index < -0.39 is 0 Å². The van der Waals surface area contributed by atoms with E-state index in [0.29, 0.717) is 24.3 Å². The zero-order chi connectivity index (χ0) is 18.4. The minimum atomic E-state index is 0.586. The van der Waals surface area contributed by atoms with Gasteiger partial charge in [-0.2, -0.15) is 4.98 Å². The molecule has 26 heavy (non-hydrogen) atoms. The summed E-state index contributed by atoms with van der Waals surface area (Å²) in [6, 6.07) is 7.77. The molecule has 0 bridgehead atoms. The van der Waals surface area contributed by atoms with Gasteiger partial charge in [0, 0.05) is 24.3 Å². The molecule has 140 valence electrons. The molecule has 1 heterocycles. The van der Waals surface area contributed by atoms with Crippen LogP contribution in [0.3, 0.4) is 0 Å². The Kier molecular flexibility index (Phi) is 7.11. The summed E-state index contributed by atoms with van der Waals surface area (Å²) in [5, 5.41) is 7.45. The van der Waals surface area contributed by atoms with Gasteiger partial charge in [-0.1, -0.05) is 29.8 Å². The van der Waals surface area contributed by atoms with Gasteiger partial charge in [-0.05, 0) is 71.6 Å². The minimum Gasteiger partial charge on any atom is -0.369 e. The maximum Gasteiger partial charge on any atom is 0.224 e. The molecule has 0 unspecified atom stereocenters. The Morgan fingerprint density at radius 2 is 1.85 bits per heavy atom. The second kappa shape index (κ2) is 9.53. The fourth-order valence-electron chi connectivity index (χ4n) is 3.30. The highest BCUT2D eigenvalue weighted by molar-refractivity contribution is 9.10. The maximum absolute atomic E-state index is 6.19.